The van der Waals surface area contributed by atoms with Crippen molar-refractivity contribution in [1.82, 2.24) is 4.90 Å². The molecule has 0 aromatic heterocycles. The summed E-state index contributed by atoms with van der Waals surface area (Å²) in [5.74, 6) is 0.442. The number of ether oxygens (including phenoxy) is 1. The summed E-state index contributed by atoms with van der Waals surface area (Å²) in [4.78, 5) is 2.37. The van der Waals surface area contributed by atoms with Gasteiger partial charge in [0.15, 0.2) is 0 Å². The topological polar surface area (TPSA) is 60.3 Å². The van der Waals surface area contributed by atoms with Crippen LogP contribution in [0.2, 0.25) is 0 Å². The second-order valence-electron chi connectivity index (χ2n) is 7.42. The average Bonchev–Trinajstić information content (AvgIpc) is 2.75. The Morgan fingerprint density at radius 2 is 1.87 bits per heavy atom. The van der Waals surface area contributed by atoms with Gasteiger partial charge in [0.25, 0.3) is 0 Å². The van der Waals surface area contributed by atoms with Crippen molar-refractivity contribution >= 4 is 17.5 Å². The lowest BCUT2D eigenvalue weighted by molar-refractivity contribution is 0.0384. The van der Waals surface area contributed by atoms with Gasteiger partial charge in [-0.05, 0) is 73.9 Å². The molecule has 1 aliphatic heterocycles. The summed E-state index contributed by atoms with van der Waals surface area (Å²) in [6.07, 6.45) is 4.93. The van der Waals surface area contributed by atoms with E-state index in [1.54, 1.807) is 0 Å². The van der Waals surface area contributed by atoms with Crippen molar-refractivity contribution in [2.45, 2.75) is 20.3 Å². The first-order chi connectivity index (χ1) is 14.6. The van der Waals surface area contributed by atoms with E-state index in [4.69, 9.17) is 11.3 Å². The zero-order valence-electron chi connectivity index (χ0n) is 17.7. The Morgan fingerprint density at radius 3 is 2.53 bits per heavy atom. The quantitative estimate of drug-likeness (QED) is 0.678. The maximum Gasteiger partial charge on any atom is 0.108 e. The van der Waals surface area contributed by atoms with Gasteiger partial charge < -0.3 is 15.4 Å². The molecule has 30 heavy (non-hydrogen) atoms. The number of rotatable bonds is 8. The maximum atomic E-state index is 9.46. The summed E-state index contributed by atoms with van der Waals surface area (Å²) in [7, 11) is 0. The van der Waals surface area contributed by atoms with Crippen LogP contribution in [0.15, 0.2) is 48.3 Å². The van der Waals surface area contributed by atoms with E-state index in [1.165, 1.54) is 11.1 Å². The number of hydrogen-bond acceptors (Lipinski definition) is 5. The standard InChI is InChI=1S/C25H29N4O/c1-4-5-21-6-8-24(16-19(21)2)27-20(3)28-25-9-7-23(18-26)22(17-25)10-11-29-12-14-30-15-13-29/h3-9,16-17,27-28H,10-15H2,1-2H3/b5-4-,20-3?. The van der Waals surface area contributed by atoms with Crippen LogP contribution in [0.25, 0.3) is 6.08 Å². The summed E-state index contributed by atoms with van der Waals surface area (Å²) in [6, 6.07) is 14.2. The predicted molar refractivity (Wildman–Crippen MR) is 123 cm³/mol. The molecule has 0 saturated carbocycles. The number of aryl methyl sites for hydroxylation is 1. The van der Waals surface area contributed by atoms with Gasteiger partial charge in [-0.2, -0.15) is 5.26 Å². The Balaban J connectivity index is 1.63. The van der Waals surface area contributed by atoms with Gasteiger partial charge in [-0.1, -0.05) is 18.2 Å². The molecule has 1 saturated heterocycles. The molecular weight excluding hydrogens is 372 g/mol. The third-order valence-corrected chi connectivity index (χ3v) is 5.20. The zero-order valence-corrected chi connectivity index (χ0v) is 17.7. The SMILES string of the molecule is [CH]=C(Nc1ccc(/C=C\C)c(C)c1)Nc1ccc(C#N)c(CCN2CCOCC2)c1. The highest BCUT2D eigenvalue weighted by Gasteiger charge is 2.12. The van der Waals surface area contributed by atoms with Crippen LogP contribution in [0, 0.1) is 24.8 Å². The number of morpholine rings is 1. The van der Waals surface area contributed by atoms with Gasteiger partial charge in [0, 0.05) is 31.0 Å². The first-order valence-electron chi connectivity index (χ1n) is 10.3. The van der Waals surface area contributed by atoms with Crippen molar-refractivity contribution < 1.29 is 4.74 Å². The van der Waals surface area contributed by atoms with Crippen LogP contribution in [0.4, 0.5) is 11.4 Å². The van der Waals surface area contributed by atoms with Crippen LogP contribution in [-0.2, 0) is 11.2 Å². The average molecular weight is 402 g/mol. The van der Waals surface area contributed by atoms with Gasteiger partial charge in [0.05, 0.1) is 24.8 Å². The Labute approximate surface area is 179 Å². The number of anilines is 2. The summed E-state index contributed by atoms with van der Waals surface area (Å²) < 4.78 is 5.40. The molecule has 1 fully saturated rings. The van der Waals surface area contributed by atoms with Crippen LogP contribution in [0.1, 0.15) is 29.2 Å². The highest BCUT2D eigenvalue weighted by molar-refractivity contribution is 5.62. The first kappa shape index (κ1) is 21.6. The molecule has 2 aromatic rings. The summed E-state index contributed by atoms with van der Waals surface area (Å²) >= 11 is 0. The highest BCUT2D eigenvalue weighted by atomic mass is 16.5. The Bertz CT molecular complexity index is 952. The molecule has 1 heterocycles. The molecule has 2 aromatic carbocycles. The van der Waals surface area contributed by atoms with Crippen LogP contribution < -0.4 is 10.6 Å². The molecule has 0 aliphatic carbocycles. The molecule has 3 rings (SSSR count). The van der Waals surface area contributed by atoms with Crippen molar-refractivity contribution in [2.24, 2.45) is 0 Å². The van der Waals surface area contributed by atoms with Crippen LogP contribution in [0.3, 0.4) is 0 Å². The molecule has 0 bridgehead atoms. The van der Waals surface area contributed by atoms with E-state index in [0.29, 0.717) is 11.4 Å². The molecule has 2 N–H and O–H groups in total. The summed E-state index contributed by atoms with van der Waals surface area (Å²) in [6.45, 7) is 14.6. The van der Waals surface area contributed by atoms with Gasteiger partial charge in [-0.15, -0.1) is 0 Å². The van der Waals surface area contributed by atoms with E-state index in [0.717, 1.165) is 56.2 Å². The number of nitrogens with zero attached hydrogens (tertiary/aromatic N) is 2. The number of hydrogen-bond donors (Lipinski definition) is 2. The van der Waals surface area contributed by atoms with Crippen molar-refractivity contribution in [1.29, 1.82) is 5.26 Å². The largest absolute Gasteiger partial charge is 0.379 e. The molecule has 155 valence electrons. The normalized spacial score (nSPS) is 14.4. The van der Waals surface area contributed by atoms with Gasteiger partial charge in [0.1, 0.15) is 5.82 Å². The lowest BCUT2D eigenvalue weighted by Gasteiger charge is -2.26. The minimum atomic E-state index is 0.442. The van der Waals surface area contributed by atoms with E-state index in [9.17, 15) is 5.26 Å². The smallest absolute Gasteiger partial charge is 0.108 e. The van der Waals surface area contributed by atoms with Crippen molar-refractivity contribution in [3.63, 3.8) is 0 Å². The Morgan fingerprint density at radius 1 is 1.17 bits per heavy atom. The van der Waals surface area contributed by atoms with Crippen LogP contribution in [0.5, 0.6) is 0 Å². The fraction of sp³-hybridized carbons (Fsp3) is 0.320. The fourth-order valence-electron chi connectivity index (χ4n) is 3.55. The first-order valence-corrected chi connectivity index (χ1v) is 10.3. The lowest BCUT2D eigenvalue weighted by atomic mass is 10.0. The molecule has 0 amide bonds. The zero-order chi connectivity index (χ0) is 21.3. The Hall–Kier alpha value is -3.07. The van der Waals surface area contributed by atoms with Crippen LogP contribution >= 0.6 is 0 Å². The predicted octanol–water partition coefficient (Wildman–Crippen LogP) is 4.57. The van der Waals surface area contributed by atoms with Gasteiger partial charge in [-0.3, -0.25) is 4.90 Å². The fourth-order valence-corrected chi connectivity index (χ4v) is 3.55. The van der Waals surface area contributed by atoms with Crippen molar-refractivity contribution in [2.75, 3.05) is 43.5 Å². The number of benzene rings is 2. The Kier molecular flexibility index (Phi) is 7.67. The molecule has 1 aliphatic rings. The summed E-state index contributed by atoms with van der Waals surface area (Å²) in [5, 5.41) is 15.9. The minimum Gasteiger partial charge on any atom is -0.379 e. The van der Waals surface area contributed by atoms with E-state index >= 15 is 0 Å². The second-order valence-corrected chi connectivity index (χ2v) is 7.42. The van der Waals surface area contributed by atoms with Crippen molar-refractivity contribution in [3.8, 4) is 6.07 Å². The lowest BCUT2D eigenvalue weighted by Crippen LogP contribution is -2.37. The third-order valence-electron chi connectivity index (χ3n) is 5.20. The number of nitriles is 1. The molecule has 1 radical (unpaired) electrons. The monoisotopic (exact) mass is 401 g/mol. The summed E-state index contributed by atoms with van der Waals surface area (Å²) in [5.41, 5.74) is 5.87. The highest BCUT2D eigenvalue weighted by Crippen LogP contribution is 2.21. The van der Waals surface area contributed by atoms with E-state index in [2.05, 4.69) is 46.7 Å². The molecule has 0 spiro atoms. The molecule has 5 heteroatoms. The minimum absolute atomic E-state index is 0.442. The molecule has 0 unspecified atom stereocenters. The van der Waals surface area contributed by atoms with Crippen LogP contribution in [-0.4, -0.2) is 37.7 Å². The van der Waals surface area contributed by atoms with Gasteiger partial charge in [-0.25, -0.2) is 0 Å². The second kappa shape index (κ2) is 10.6. The van der Waals surface area contributed by atoms with Crippen molar-refractivity contribution in [3.05, 3.63) is 77.1 Å². The molecular formula is C25H29N4O. The maximum absolute atomic E-state index is 9.46. The number of nitrogens with one attached hydrogen (secondary N) is 2. The van der Waals surface area contributed by atoms with E-state index in [1.807, 2.05) is 37.3 Å². The van der Waals surface area contributed by atoms with E-state index in [-0.39, 0.29) is 0 Å². The third kappa shape index (κ3) is 5.96. The van der Waals surface area contributed by atoms with Gasteiger partial charge in [0.2, 0.25) is 0 Å². The van der Waals surface area contributed by atoms with E-state index < -0.39 is 0 Å². The number of allylic oxidation sites excluding steroid dienone is 1. The molecule has 0 atom stereocenters. The molecule has 5 nitrogen and oxygen atoms in total. The van der Waals surface area contributed by atoms with Gasteiger partial charge >= 0.3 is 0 Å².